The Balaban J connectivity index is 2.33. The van der Waals surface area contributed by atoms with E-state index in [2.05, 4.69) is 10.9 Å². The molecule has 0 radical (unpaired) electrons. The Hall–Kier alpha value is -0.770. The Kier molecular flexibility index (Phi) is 2.91. The molecule has 2 rings (SSSR count). The number of rotatable bonds is 2. The molecule has 1 fully saturated rings. The van der Waals surface area contributed by atoms with Crippen LogP contribution in [0.3, 0.4) is 0 Å². The van der Waals surface area contributed by atoms with Crippen molar-refractivity contribution in [2.75, 3.05) is 20.2 Å². The van der Waals surface area contributed by atoms with Gasteiger partial charge in [-0.25, -0.2) is 0 Å². The van der Waals surface area contributed by atoms with Gasteiger partial charge < -0.3 is 4.74 Å². The summed E-state index contributed by atoms with van der Waals surface area (Å²) in [7, 11) is 1.68. The number of nitrogens with one attached hydrogen (secondary N) is 2. The number of hydrogen-bond acceptors (Lipinski definition) is 3. The Labute approximate surface area is 88.4 Å². The zero-order valence-electron chi connectivity index (χ0n) is 8.01. The summed E-state index contributed by atoms with van der Waals surface area (Å²) in [6.07, 6.45) is 0. The zero-order chi connectivity index (χ0) is 9.97. The largest absolute Gasteiger partial charge is 0.496 e. The summed E-state index contributed by atoms with van der Waals surface area (Å²) in [5.74, 6) is 1.34. The lowest BCUT2D eigenvalue weighted by atomic mass is 9.99. The van der Waals surface area contributed by atoms with Crippen LogP contribution in [-0.2, 0) is 0 Å². The van der Waals surface area contributed by atoms with Crippen molar-refractivity contribution in [2.45, 2.75) is 5.92 Å². The summed E-state index contributed by atoms with van der Waals surface area (Å²) in [5.41, 5.74) is 7.35. The summed E-state index contributed by atoms with van der Waals surface area (Å²) in [6, 6.07) is 5.73. The van der Waals surface area contributed by atoms with Crippen molar-refractivity contribution in [2.24, 2.45) is 0 Å². The standard InChI is InChI=1S/C10H13ClN2O/c1-14-10-3-2-8(11)4-9(10)7-5-12-13-6-7/h2-4,7,12-13H,5-6H2,1H3. The third-order valence-electron chi connectivity index (χ3n) is 2.45. The van der Waals surface area contributed by atoms with Gasteiger partial charge in [0.1, 0.15) is 5.75 Å². The molecule has 4 heteroatoms. The molecule has 1 aromatic carbocycles. The van der Waals surface area contributed by atoms with Crippen LogP contribution >= 0.6 is 11.6 Å². The predicted octanol–water partition coefficient (Wildman–Crippen LogP) is 1.54. The molecule has 0 atom stereocenters. The summed E-state index contributed by atoms with van der Waals surface area (Å²) < 4.78 is 5.30. The van der Waals surface area contributed by atoms with Gasteiger partial charge in [-0.2, -0.15) is 0 Å². The monoisotopic (exact) mass is 212 g/mol. The van der Waals surface area contributed by atoms with Gasteiger partial charge in [0, 0.05) is 29.6 Å². The van der Waals surface area contributed by atoms with E-state index in [9.17, 15) is 0 Å². The number of halogens is 1. The quantitative estimate of drug-likeness (QED) is 0.781. The van der Waals surface area contributed by atoms with Gasteiger partial charge in [0.05, 0.1) is 7.11 Å². The lowest BCUT2D eigenvalue weighted by Gasteiger charge is -2.13. The van der Waals surface area contributed by atoms with Crippen molar-refractivity contribution in [1.29, 1.82) is 0 Å². The van der Waals surface area contributed by atoms with Crippen LogP contribution in [0.4, 0.5) is 0 Å². The van der Waals surface area contributed by atoms with E-state index in [1.54, 1.807) is 7.11 Å². The van der Waals surface area contributed by atoms with Crippen molar-refractivity contribution >= 4 is 11.6 Å². The summed E-state index contributed by atoms with van der Waals surface area (Å²) in [4.78, 5) is 0. The van der Waals surface area contributed by atoms with Gasteiger partial charge in [-0.15, -0.1) is 0 Å². The number of ether oxygens (including phenoxy) is 1. The SMILES string of the molecule is COc1ccc(Cl)cc1C1CNNC1. The first-order chi connectivity index (χ1) is 6.81. The molecule has 3 nitrogen and oxygen atoms in total. The molecule has 2 N–H and O–H groups in total. The van der Waals surface area contributed by atoms with E-state index in [0.717, 1.165) is 29.4 Å². The van der Waals surface area contributed by atoms with E-state index < -0.39 is 0 Å². The molecule has 1 aliphatic heterocycles. The van der Waals surface area contributed by atoms with E-state index in [4.69, 9.17) is 16.3 Å². The van der Waals surface area contributed by atoms with Gasteiger partial charge in [0.2, 0.25) is 0 Å². The van der Waals surface area contributed by atoms with Gasteiger partial charge in [-0.05, 0) is 18.2 Å². The number of hydrazine groups is 1. The maximum atomic E-state index is 5.96. The van der Waals surface area contributed by atoms with Crippen molar-refractivity contribution in [1.82, 2.24) is 10.9 Å². The van der Waals surface area contributed by atoms with Crippen LogP contribution in [0.5, 0.6) is 5.75 Å². The molecule has 0 unspecified atom stereocenters. The van der Waals surface area contributed by atoms with E-state index in [1.807, 2.05) is 18.2 Å². The van der Waals surface area contributed by atoms with Crippen LogP contribution in [0.15, 0.2) is 18.2 Å². The summed E-state index contributed by atoms with van der Waals surface area (Å²) in [6.45, 7) is 1.83. The fourth-order valence-corrected chi connectivity index (χ4v) is 1.89. The number of benzene rings is 1. The summed E-state index contributed by atoms with van der Waals surface area (Å²) in [5, 5.41) is 0.757. The summed E-state index contributed by atoms with van der Waals surface area (Å²) >= 11 is 5.96. The fraction of sp³-hybridized carbons (Fsp3) is 0.400. The fourth-order valence-electron chi connectivity index (χ4n) is 1.71. The molecule has 0 amide bonds. The highest BCUT2D eigenvalue weighted by atomic mass is 35.5. The van der Waals surface area contributed by atoms with Crippen molar-refractivity contribution < 1.29 is 4.74 Å². The second-order valence-corrected chi connectivity index (χ2v) is 3.78. The van der Waals surface area contributed by atoms with E-state index in [-0.39, 0.29) is 0 Å². The molecular formula is C10H13ClN2O. The maximum Gasteiger partial charge on any atom is 0.122 e. The molecule has 0 bridgehead atoms. The van der Waals surface area contributed by atoms with Crippen LogP contribution in [0.1, 0.15) is 11.5 Å². The molecule has 1 aromatic rings. The molecule has 76 valence electrons. The van der Waals surface area contributed by atoms with E-state index >= 15 is 0 Å². The van der Waals surface area contributed by atoms with Crippen molar-refractivity contribution in [3.05, 3.63) is 28.8 Å². The molecule has 1 heterocycles. The van der Waals surface area contributed by atoms with Gasteiger partial charge in [0.15, 0.2) is 0 Å². The molecular weight excluding hydrogens is 200 g/mol. The molecule has 1 aliphatic rings. The second-order valence-electron chi connectivity index (χ2n) is 3.34. The molecule has 0 aliphatic carbocycles. The predicted molar refractivity (Wildman–Crippen MR) is 56.8 cm³/mol. The van der Waals surface area contributed by atoms with E-state index in [0.29, 0.717) is 5.92 Å². The first-order valence-corrected chi connectivity index (χ1v) is 4.98. The lowest BCUT2D eigenvalue weighted by molar-refractivity contribution is 0.407. The lowest BCUT2D eigenvalue weighted by Crippen LogP contribution is -2.21. The number of hydrogen-bond donors (Lipinski definition) is 2. The number of methoxy groups -OCH3 is 1. The van der Waals surface area contributed by atoms with Crippen molar-refractivity contribution in [3.63, 3.8) is 0 Å². The zero-order valence-corrected chi connectivity index (χ0v) is 8.77. The van der Waals surface area contributed by atoms with Crippen LogP contribution in [0.25, 0.3) is 0 Å². The van der Waals surface area contributed by atoms with Crippen molar-refractivity contribution in [3.8, 4) is 5.75 Å². The van der Waals surface area contributed by atoms with Crippen LogP contribution in [0.2, 0.25) is 5.02 Å². The second kappa shape index (κ2) is 4.17. The minimum absolute atomic E-state index is 0.434. The molecule has 0 spiro atoms. The van der Waals surface area contributed by atoms with Crippen LogP contribution in [0, 0.1) is 0 Å². The maximum absolute atomic E-state index is 5.96. The smallest absolute Gasteiger partial charge is 0.122 e. The molecule has 1 saturated heterocycles. The van der Waals surface area contributed by atoms with Crippen LogP contribution in [-0.4, -0.2) is 20.2 Å². The first kappa shape index (κ1) is 9.77. The molecule has 14 heavy (non-hydrogen) atoms. The van der Waals surface area contributed by atoms with Gasteiger partial charge in [0.25, 0.3) is 0 Å². The minimum Gasteiger partial charge on any atom is -0.496 e. The van der Waals surface area contributed by atoms with Gasteiger partial charge >= 0.3 is 0 Å². The highest BCUT2D eigenvalue weighted by Crippen LogP contribution is 2.29. The average molecular weight is 213 g/mol. The first-order valence-electron chi connectivity index (χ1n) is 4.60. The highest BCUT2D eigenvalue weighted by Gasteiger charge is 2.20. The van der Waals surface area contributed by atoms with E-state index in [1.165, 1.54) is 0 Å². The third kappa shape index (κ3) is 1.85. The minimum atomic E-state index is 0.434. The highest BCUT2D eigenvalue weighted by molar-refractivity contribution is 6.30. The molecule has 0 aromatic heterocycles. The molecule has 0 saturated carbocycles. The Morgan fingerprint density at radius 2 is 2.07 bits per heavy atom. The Bertz CT molecular complexity index is 324. The Morgan fingerprint density at radius 3 is 2.71 bits per heavy atom. The van der Waals surface area contributed by atoms with Crippen LogP contribution < -0.4 is 15.6 Å². The van der Waals surface area contributed by atoms with Gasteiger partial charge in [-0.1, -0.05) is 11.6 Å². The normalized spacial score (nSPS) is 17.3. The topological polar surface area (TPSA) is 33.3 Å². The Morgan fingerprint density at radius 1 is 1.36 bits per heavy atom. The average Bonchev–Trinajstić information content (AvgIpc) is 2.70. The third-order valence-corrected chi connectivity index (χ3v) is 2.69. The van der Waals surface area contributed by atoms with Gasteiger partial charge in [-0.3, -0.25) is 10.9 Å².